The van der Waals surface area contributed by atoms with Crippen LogP contribution in [0.15, 0.2) is 0 Å². The average molecular weight is 266 g/mol. The van der Waals surface area contributed by atoms with Crippen molar-refractivity contribution < 1.29 is 198 Å². The molecule has 2 N–H and O–H groups in total. The largest absolute Gasteiger partial charge is 1.00 e. The Morgan fingerprint density at radius 1 is 1.00 bits per heavy atom. The Morgan fingerprint density at radius 3 is 1.00 bits per heavy atom. The van der Waals surface area contributed by atoms with E-state index in [4.69, 9.17) is 17.5 Å². The van der Waals surface area contributed by atoms with Crippen molar-refractivity contribution in [2.45, 2.75) is 0 Å². The fraction of sp³-hybridized carbons (Fsp3) is 0. The van der Waals surface area contributed by atoms with E-state index in [1.165, 1.54) is 0 Å². The molecule has 0 saturated heterocycles. The quantitative estimate of drug-likeness (QED) is 0.337. The number of hydrogen-bond acceptors (Lipinski definition) is 2. The Labute approximate surface area is 201 Å². The molecule has 0 radical (unpaired) electrons. The van der Waals surface area contributed by atoms with E-state index in [0.29, 0.717) is 0 Å². The molecule has 0 atom stereocenters. The second kappa shape index (κ2) is 15.9. The Kier molecular flexibility index (Phi) is 51.9. The molecule has 0 unspecified atom stereocenters. The zero-order chi connectivity index (χ0) is 4.50. The molecule has 9 heteroatoms. The summed E-state index contributed by atoms with van der Waals surface area (Å²) in [6, 6.07) is 0. The zero-order valence-corrected chi connectivity index (χ0v) is 17.4. The fourth-order valence-electron chi connectivity index (χ4n) is 0. The first-order chi connectivity index (χ1) is 2.00. The van der Waals surface area contributed by atoms with Gasteiger partial charge in [0.05, 0.1) is 0 Å². The SMILES string of the molecule is O=S(=O)(O)O.[H-].[H-].[H-].[K+].[K+].[K+].[Ti]. The van der Waals surface area contributed by atoms with E-state index in [0.717, 1.165) is 0 Å². The van der Waals surface area contributed by atoms with Crippen LogP contribution < -0.4 is 154 Å². The molecule has 4 nitrogen and oxygen atoms in total. The van der Waals surface area contributed by atoms with Gasteiger partial charge in [-0.1, -0.05) is 0 Å². The third kappa shape index (κ3) is 59.1. The van der Waals surface area contributed by atoms with Gasteiger partial charge in [-0.3, -0.25) is 9.11 Å². The molecule has 0 fully saturated rings. The van der Waals surface area contributed by atoms with Crippen molar-refractivity contribution in [1.82, 2.24) is 0 Å². The van der Waals surface area contributed by atoms with Crippen LogP contribution in [0.2, 0.25) is 0 Å². The van der Waals surface area contributed by atoms with Crippen LogP contribution in [0.5, 0.6) is 0 Å². The first kappa shape index (κ1) is 29.3. The van der Waals surface area contributed by atoms with Crippen LogP contribution >= 0.6 is 0 Å². The average Bonchev–Trinajstić information content (AvgIpc) is 0.722. The zero-order valence-electron chi connectivity index (χ0n) is 8.62. The summed E-state index contributed by atoms with van der Waals surface area (Å²) in [4.78, 5) is 0. The molecule has 0 rings (SSSR count). The van der Waals surface area contributed by atoms with Crippen molar-refractivity contribution in [2.24, 2.45) is 0 Å². The van der Waals surface area contributed by atoms with Gasteiger partial charge in [0.2, 0.25) is 0 Å². The summed E-state index contributed by atoms with van der Waals surface area (Å²) in [7, 11) is -4.67. The van der Waals surface area contributed by atoms with Gasteiger partial charge in [0.25, 0.3) is 0 Å². The van der Waals surface area contributed by atoms with E-state index in [2.05, 4.69) is 0 Å². The summed E-state index contributed by atoms with van der Waals surface area (Å²) in [6.07, 6.45) is 0. The Balaban J connectivity index is -0.00000000381. The maximum absolute atomic E-state index is 8.74. The standard InChI is InChI=1S/3K.H2O4S.Ti.3H/c;;;1-5(2,3)4;;;;/h;;;(H2,1,2,3,4);;;;/q3*+1;;;3*-1. The third-order valence-electron chi connectivity index (χ3n) is 0. The third-order valence-corrected chi connectivity index (χ3v) is 0. The molecule has 9 heavy (non-hydrogen) atoms. The van der Waals surface area contributed by atoms with Crippen LogP contribution in [0.4, 0.5) is 0 Å². The van der Waals surface area contributed by atoms with Crippen LogP contribution in [0.3, 0.4) is 0 Å². The number of hydrogen-bond donors (Lipinski definition) is 2. The summed E-state index contributed by atoms with van der Waals surface area (Å²) in [6.45, 7) is 0. The van der Waals surface area contributed by atoms with Crippen LogP contribution in [0.1, 0.15) is 4.28 Å². The summed E-state index contributed by atoms with van der Waals surface area (Å²) in [5.74, 6) is 0. The van der Waals surface area contributed by atoms with Crippen LogP contribution in [-0.4, -0.2) is 17.5 Å². The molecule has 0 aromatic heterocycles. The normalized spacial score (nSPS) is 6.44. The fourth-order valence-corrected chi connectivity index (χ4v) is 0. The van der Waals surface area contributed by atoms with Crippen LogP contribution in [-0.2, 0) is 32.1 Å². The Morgan fingerprint density at radius 2 is 1.00 bits per heavy atom. The van der Waals surface area contributed by atoms with Gasteiger partial charge in [-0.25, -0.2) is 0 Å². The first-order valence-corrected chi connectivity index (χ1v) is 2.10. The smallest absolute Gasteiger partial charge is 1.00 e. The van der Waals surface area contributed by atoms with E-state index in [9.17, 15) is 0 Å². The van der Waals surface area contributed by atoms with E-state index in [1.807, 2.05) is 0 Å². The molecule has 0 aliphatic rings. The molecule has 0 aliphatic heterocycles. The molecule has 0 aromatic carbocycles. The summed E-state index contributed by atoms with van der Waals surface area (Å²) in [5.41, 5.74) is 0. The molecule has 0 aliphatic carbocycles. The molecule has 0 spiro atoms. The van der Waals surface area contributed by atoms with Gasteiger partial charge >= 0.3 is 165 Å². The maximum Gasteiger partial charge on any atom is 1.00 e. The summed E-state index contributed by atoms with van der Waals surface area (Å²) in [5, 5.41) is 0. The van der Waals surface area contributed by atoms with Crippen LogP contribution in [0.25, 0.3) is 0 Å². The van der Waals surface area contributed by atoms with E-state index in [1.54, 1.807) is 0 Å². The maximum atomic E-state index is 8.74. The molecule has 0 amide bonds. The first-order valence-electron chi connectivity index (χ1n) is 0.698. The van der Waals surface area contributed by atoms with Crippen molar-refractivity contribution in [2.75, 3.05) is 0 Å². The Bertz CT molecular complexity index is 109. The van der Waals surface area contributed by atoms with E-state index < -0.39 is 10.4 Å². The molecule has 0 heterocycles. The molecule has 0 saturated carbocycles. The van der Waals surface area contributed by atoms with Gasteiger partial charge in [-0.2, -0.15) is 8.42 Å². The predicted octanol–water partition coefficient (Wildman–Crippen LogP) is -9.31. The molecule has 42 valence electrons. The second-order valence-electron chi connectivity index (χ2n) is 0.448. The second-order valence-corrected chi connectivity index (χ2v) is 1.34. The van der Waals surface area contributed by atoms with Gasteiger partial charge in [-0.15, -0.1) is 0 Å². The molecule has 0 bridgehead atoms. The van der Waals surface area contributed by atoms with Crippen molar-refractivity contribution in [1.29, 1.82) is 0 Å². The monoisotopic (exact) mass is 266 g/mol. The minimum absolute atomic E-state index is 0. The van der Waals surface area contributed by atoms with E-state index in [-0.39, 0.29) is 180 Å². The topological polar surface area (TPSA) is 74.6 Å². The van der Waals surface area contributed by atoms with E-state index >= 15 is 0 Å². The molecule has 0 aromatic rings. The minimum atomic E-state index is -4.67. The van der Waals surface area contributed by atoms with Crippen LogP contribution in [0, 0.1) is 0 Å². The molecular weight excluding hydrogens is 261 g/mol. The van der Waals surface area contributed by atoms with Gasteiger partial charge in [0, 0.05) is 21.7 Å². The predicted molar refractivity (Wildman–Crippen MR) is 17.5 cm³/mol. The van der Waals surface area contributed by atoms with Gasteiger partial charge in [0.15, 0.2) is 0 Å². The minimum Gasteiger partial charge on any atom is -1.00 e. The molecular formula is H5K3O4STi. The van der Waals surface area contributed by atoms with Crippen molar-refractivity contribution in [3.8, 4) is 0 Å². The Hall–Kier alpha value is 5.49. The summed E-state index contributed by atoms with van der Waals surface area (Å²) < 4.78 is 31.6. The van der Waals surface area contributed by atoms with Crippen molar-refractivity contribution in [3.05, 3.63) is 0 Å². The van der Waals surface area contributed by atoms with Crippen molar-refractivity contribution >= 4 is 10.4 Å². The van der Waals surface area contributed by atoms with Crippen molar-refractivity contribution in [3.63, 3.8) is 0 Å². The summed E-state index contributed by atoms with van der Waals surface area (Å²) >= 11 is 0. The van der Waals surface area contributed by atoms with Gasteiger partial charge < -0.3 is 4.28 Å². The number of rotatable bonds is 0. The van der Waals surface area contributed by atoms with Gasteiger partial charge in [-0.05, 0) is 0 Å². The van der Waals surface area contributed by atoms with Gasteiger partial charge in [0.1, 0.15) is 0 Å².